The number of benzene rings is 2. The van der Waals surface area contributed by atoms with Crippen molar-refractivity contribution in [3.05, 3.63) is 64.2 Å². The topological polar surface area (TPSA) is 38.8 Å². The van der Waals surface area contributed by atoms with E-state index in [4.69, 9.17) is 21.1 Å². The maximum absolute atomic E-state index is 13.3. The Hall–Kier alpha value is -2.18. The molecule has 0 unspecified atom stereocenters. The number of carbonyl (C=O) groups excluding carboxylic acids is 1. The zero-order valence-electron chi connectivity index (χ0n) is 14.2. The van der Waals surface area contributed by atoms with E-state index in [0.29, 0.717) is 23.9 Å². The summed E-state index contributed by atoms with van der Waals surface area (Å²) in [5.74, 6) is -1.33. The Bertz CT molecular complexity index is 795. The van der Waals surface area contributed by atoms with Crippen molar-refractivity contribution in [2.24, 2.45) is 0 Å². The Labute approximate surface area is 155 Å². The molecule has 0 N–H and O–H groups in total. The summed E-state index contributed by atoms with van der Waals surface area (Å²) in [4.78, 5) is 14.0. The number of morpholine rings is 1. The normalized spacial score (nSPS) is 17.2. The third kappa shape index (κ3) is 4.51. The van der Waals surface area contributed by atoms with E-state index in [2.05, 4.69) is 0 Å². The number of hydrogen-bond acceptors (Lipinski definition) is 3. The number of amides is 1. The fraction of sp³-hybridized carbons (Fsp3) is 0.316. The summed E-state index contributed by atoms with van der Waals surface area (Å²) in [6, 6.07) is 8.13. The quantitative estimate of drug-likeness (QED) is 0.807. The van der Waals surface area contributed by atoms with Crippen molar-refractivity contribution in [2.75, 3.05) is 26.3 Å². The highest BCUT2D eigenvalue weighted by Gasteiger charge is 2.26. The van der Waals surface area contributed by atoms with Gasteiger partial charge in [0.2, 0.25) is 0 Å². The van der Waals surface area contributed by atoms with Crippen molar-refractivity contribution in [3.63, 3.8) is 0 Å². The van der Waals surface area contributed by atoms with Crippen molar-refractivity contribution < 1.29 is 23.0 Å². The van der Waals surface area contributed by atoms with Crippen molar-refractivity contribution in [2.45, 2.75) is 13.0 Å². The first-order chi connectivity index (χ1) is 12.4. The number of nitrogens with zero attached hydrogens (tertiary/aromatic N) is 1. The molecule has 1 heterocycles. The highest BCUT2D eigenvalue weighted by molar-refractivity contribution is 6.31. The number of carbonyl (C=O) groups is 1. The summed E-state index contributed by atoms with van der Waals surface area (Å²) < 4.78 is 38.0. The zero-order chi connectivity index (χ0) is 18.7. The van der Waals surface area contributed by atoms with Gasteiger partial charge < -0.3 is 14.4 Å². The molecule has 1 amide bonds. The van der Waals surface area contributed by atoms with Crippen LogP contribution in [0, 0.1) is 18.6 Å². The second-order valence-electron chi connectivity index (χ2n) is 6.12. The first-order valence-electron chi connectivity index (χ1n) is 8.18. The second-order valence-corrected chi connectivity index (χ2v) is 6.53. The fourth-order valence-electron chi connectivity index (χ4n) is 2.76. The van der Waals surface area contributed by atoms with Crippen LogP contribution >= 0.6 is 11.6 Å². The maximum Gasteiger partial charge on any atom is 0.254 e. The molecule has 3 rings (SSSR count). The van der Waals surface area contributed by atoms with Gasteiger partial charge in [-0.1, -0.05) is 11.6 Å². The number of halogens is 3. The molecular weight excluding hydrogens is 364 g/mol. The van der Waals surface area contributed by atoms with Crippen LogP contribution in [-0.2, 0) is 4.74 Å². The number of rotatable bonds is 4. The Morgan fingerprint density at radius 3 is 2.69 bits per heavy atom. The van der Waals surface area contributed by atoms with Gasteiger partial charge in [-0.2, -0.15) is 0 Å². The van der Waals surface area contributed by atoms with Gasteiger partial charge in [0.15, 0.2) is 0 Å². The van der Waals surface area contributed by atoms with Crippen LogP contribution in [0.1, 0.15) is 15.9 Å². The number of aryl methyl sites for hydroxylation is 1. The fourth-order valence-corrected chi connectivity index (χ4v) is 2.88. The Balaban J connectivity index is 1.61. The van der Waals surface area contributed by atoms with Gasteiger partial charge in [-0.05, 0) is 42.8 Å². The minimum Gasteiger partial charge on any atom is -0.491 e. The molecule has 7 heteroatoms. The standard InChI is InChI=1S/C19H18ClF2NO3/c1-12-6-16(2-3-18(12)20)26-11-17-10-23(4-5-25-17)19(24)13-7-14(21)9-15(22)8-13/h2-3,6-9,17H,4-5,10-11H2,1H3/t17-/m1/s1. The Kier molecular flexibility index (Phi) is 5.74. The summed E-state index contributed by atoms with van der Waals surface area (Å²) in [5.41, 5.74) is 0.885. The van der Waals surface area contributed by atoms with Crippen molar-refractivity contribution in [3.8, 4) is 5.75 Å². The molecule has 1 aliphatic rings. The van der Waals surface area contributed by atoms with E-state index in [1.54, 1.807) is 12.1 Å². The molecule has 0 radical (unpaired) electrons. The smallest absolute Gasteiger partial charge is 0.254 e. The van der Waals surface area contributed by atoms with Crippen LogP contribution in [0.25, 0.3) is 0 Å². The largest absolute Gasteiger partial charge is 0.491 e. The molecule has 0 saturated carbocycles. The van der Waals surface area contributed by atoms with Crippen molar-refractivity contribution in [1.29, 1.82) is 0 Å². The number of ether oxygens (including phenoxy) is 2. The molecule has 0 aromatic heterocycles. The first-order valence-corrected chi connectivity index (χ1v) is 8.56. The minimum atomic E-state index is -0.778. The summed E-state index contributed by atoms with van der Waals surface area (Å²) >= 11 is 5.99. The van der Waals surface area contributed by atoms with Gasteiger partial charge >= 0.3 is 0 Å². The van der Waals surface area contributed by atoms with E-state index in [1.165, 1.54) is 4.90 Å². The predicted molar refractivity (Wildman–Crippen MR) is 93.7 cm³/mol. The summed E-state index contributed by atoms with van der Waals surface area (Å²) in [6.45, 7) is 3.10. The minimum absolute atomic E-state index is 0.0163. The van der Waals surface area contributed by atoms with E-state index >= 15 is 0 Å². The van der Waals surface area contributed by atoms with Crippen molar-refractivity contribution >= 4 is 17.5 Å². The van der Waals surface area contributed by atoms with E-state index in [0.717, 1.165) is 23.8 Å². The van der Waals surface area contributed by atoms with Gasteiger partial charge in [0.1, 0.15) is 30.1 Å². The monoisotopic (exact) mass is 381 g/mol. The van der Waals surface area contributed by atoms with Crippen molar-refractivity contribution in [1.82, 2.24) is 4.90 Å². The van der Waals surface area contributed by atoms with Crippen LogP contribution in [-0.4, -0.2) is 43.2 Å². The number of hydrogen-bond donors (Lipinski definition) is 0. The van der Waals surface area contributed by atoms with E-state index < -0.39 is 17.5 Å². The molecule has 2 aromatic rings. The lowest BCUT2D eigenvalue weighted by Crippen LogP contribution is -2.47. The van der Waals surface area contributed by atoms with E-state index in [-0.39, 0.29) is 24.8 Å². The molecule has 1 saturated heterocycles. The Morgan fingerprint density at radius 1 is 1.27 bits per heavy atom. The average Bonchev–Trinajstić information content (AvgIpc) is 2.61. The second kappa shape index (κ2) is 8.01. The zero-order valence-corrected chi connectivity index (χ0v) is 14.9. The molecule has 1 aliphatic heterocycles. The molecule has 138 valence electrons. The summed E-state index contributed by atoms with van der Waals surface area (Å²) in [7, 11) is 0. The summed E-state index contributed by atoms with van der Waals surface area (Å²) in [5, 5.41) is 0.658. The maximum atomic E-state index is 13.3. The molecule has 4 nitrogen and oxygen atoms in total. The van der Waals surface area contributed by atoms with Crippen LogP contribution in [0.4, 0.5) is 8.78 Å². The van der Waals surface area contributed by atoms with Gasteiger partial charge in [0, 0.05) is 23.2 Å². The molecule has 2 aromatic carbocycles. The third-order valence-corrected chi connectivity index (χ3v) is 4.52. The highest BCUT2D eigenvalue weighted by Crippen LogP contribution is 2.22. The third-order valence-electron chi connectivity index (χ3n) is 4.10. The molecule has 26 heavy (non-hydrogen) atoms. The van der Waals surface area contributed by atoms with Crippen LogP contribution in [0.15, 0.2) is 36.4 Å². The molecule has 1 fully saturated rings. The van der Waals surface area contributed by atoms with Crippen LogP contribution in [0.2, 0.25) is 5.02 Å². The van der Waals surface area contributed by atoms with Gasteiger partial charge in [-0.15, -0.1) is 0 Å². The molecular formula is C19H18ClF2NO3. The molecule has 1 atom stereocenters. The predicted octanol–water partition coefficient (Wildman–Crippen LogP) is 3.85. The van der Waals surface area contributed by atoms with Gasteiger partial charge in [0.25, 0.3) is 5.91 Å². The molecule has 0 aliphatic carbocycles. The van der Waals surface area contributed by atoms with Gasteiger partial charge in [-0.25, -0.2) is 8.78 Å². The van der Waals surface area contributed by atoms with E-state index in [9.17, 15) is 13.6 Å². The van der Waals surface area contributed by atoms with Crippen LogP contribution in [0.5, 0.6) is 5.75 Å². The lowest BCUT2D eigenvalue weighted by molar-refractivity contribution is -0.0401. The highest BCUT2D eigenvalue weighted by atomic mass is 35.5. The lowest BCUT2D eigenvalue weighted by Gasteiger charge is -2.33. The molecule has 0 spiro atoms. The average molecular weight is 382 g/mol. The first kappa shape index (κ1) is 18.6. The Morgan fingerprint density at radius 2 is 2.00 bits per heavy atom. The lowest BCUT2D eigenvalue weighted by atomic mass is 10.1. The van der Waals surface area contributed by atoms with E-state index in [1.807, 2.05) is 13.0 Å². The SMILES string of the molecule is Cc1cc(OC[C@H]2CN(C(=O)c3cc(F)cc(F)c3)CCO2)ccc1Cl. The van der Waals surface area contributed by atoms with Crippen LogP contribution in [0.3, 0.4) is 0 Å². The van der Waals surface area contributed by atoms with Gasteiger partial charge in [-0.3, -0.25) is 4.79 Å². The molecule has 0 bridgehead atoms. The van der Waals surface area contributed by atoms with Gasteiger partial charge in [0.05, 0.1) is 13.2 Å². The summed E-state index contributed by atoms with van der Waals surface area (Å²) in [6.07, 6.45) is -0.331. The van der Waals surface area contributed by atoms with Crippen LogP contribution < -0.4 is 4.74 Å².